The standard InChI is InChI=1S/C25H43NSe.HI/c1(2-4-6-8-13-20-26-21-14-15-22-26)3-5-7-9-16-23-27-24-19-25-17-11-10-12-18-25;/h10-12,17-18H,1-9,13-16,19-24H2;1H. The molecule has 0 bridgehead atoms. The van der Waals surface area contributed by atoms with Gasteiger partial charge in [0.1, 0.15) is 0 Å². The molecule has 1 aliphatic rings. The van der Waals surface area contributed by atoms with Gasteiger partial charge < -0.3 is 28.9 Å². The number of nitrogens with one attached hydrogen (secondary N) is 1. The fourth-order valence-electron chi connectivity index (χ4n) is 4.23. The molecular formula is C25H44INSe. The Morgan fingerprint density at radius 3 is 1.79 bits per heavy atom. The van der Waals surface area contributed by atoms with Gasteiger partial charge >= 0.3 is 139 Å². The van der Waals surface area contributed by atoms with E-state index >= 15 is 0 Å². The zero-order valence-corrected chi connectivity index (χ0v) is 22.0. The van der Waals surface area contributed by atoms with Crippen LogP contribution in [0.4, 0.5) is 0 Å². The summed E-state index contributed by atoms with van der Waals surface area (Å²) in [7, 11) is 0. The number of hydrogen-bond donors (Lipinski definition) is 1. The average molecular weight is 564 g/mol. The van der Waals surface area contributed by atoms with E-state index in [2.05, 4.69) is 30.3 Å². The molecule has 1 aromatic carbocycles. The van der Waals surface area contributed by atoms with Gasteiger partial charge in [-0.05, 0) is 0 Å². The molecular weight excluding hydrogens is 520 g/mol. The molecule has 0 unspecified atom stereocenters. The van der Waals surface area contributed by atoms with Crippen molar-refractivity contribution in [1.82, 2.24) is 0 Å². The van der Waals surface area contributed by atoms with Crippen molar-refractivity contribution < 1.29 is 28.9 Å². The minimum atomic E-state index is 0. The van der Waals surface area contributed by atoms with E-state index in [1.807, 2.05) is 4.90 Å². The Morgan fingerprint density at radius 2 is 1.18 bits per heavy atom. The van der Waals surface area contributed by atoms with Gasteiger partial charge in [-0.3, -0.25) is 0 Å². The van der Waals surface area contributed by atoms with E-state index in [1.54, 1.807) is 0 Å². The molecule has 1 aromatic rings. The molecule has 1 nitrogen and oxygen atoms in total. The molecule has 1 heterocycles. The fourth-order valence-corrected chi connectivity index (χ4v) is 6.31. The van der Waals surface area contributed by atoms with Crippen LogP contribution < -0.4 is 28.9 Å². The number of hydrogen-bond acceptors (Lipinski definition) is 0. The van der Waals surface area contributed by atoms with E-state index in [1.165, 1.54) is 126 Å². The number of benzene rings is 1. The van der Waals surface area contributed by atoms with Gasteiger partial charge in [-0.25, -0.2) is 0 Å². The first kappa shape index (κ1) is 26.5. The van der Waals surface area contributed by atoms with Gasteiger partial charge in [0, 0.05) is 12.8 Å². The zero-order chi connectivity index (χ0) is 18.8. The van der Waals surface area contributed by atoms with Crippen LogP contribution in [-0.2, 0) is 6.42 Å². The number of quaternary nitrogens is 1. The Labute approximate surface area is 199 Å². The van der Waals surface area contributed by atoms with Crippen LogP contribution in [0.25, 0.3) is 0 Å². The molecule has 0 atom stereocenters. The second-order valence-corrected chi connectivity index (χ2v) is 11.0. The number of likely N-dealkylation sites (tertiary alicyclic amines) is 1. The van der Waals surface area contributed by atoms with E-state index in [0.717, 1.165) is 15.0 Å². The predicted molar refractivity (Wildman–Crippen MR) is 121 cm³/mol. The van der Waals surface area contributed by atoms with Crippen LogP contribution in [-0.4, -0.2) is 34.6 Å². The van der Waals surface area contributed by atoms with Gasteiger partial charge in [0.15, 0.2) is 0 Å². The van der Waals surface area contributed by atoms with Crippen molar-refractivity contribution in [2.75, 3.05) is 19.6 Å². The molecule has 0 spiro atoms. The summed E-state index contributed by atoms with van der Waals surface area (Å²) < 4.78 is 0. The summed E-state index contributed by atoms with van der Waals surface area (Å²) in [6.45, 7) is 4.36. The summed E-state index contributed by atoms with van der Waals surface area (Å²) in [5.41, 5.74) is 1.52. The van der Waals surface area contributed by atoms with Gasteiger partial charge in [-0.1, -0.05) is 0 Å². The van der Waals surface area contributed by atoms with Gasteiger partial charge in [0.25, 0.3) is 0 Å². The van der Waals surface area contributed by atoms with Crippen LogP contribution in [0.2, 0.25) is 10.6 Å². The van der Waals surface area contributed by atoms with Gasteiger partial charge in [-0.2, -0.15) is 0 Å². The molecule has 1 aliphatic heterocycles. The van der Waals surface area contributed by atoms with Crippen LogP contribution >= 0.6 is 0 Å². The minimum absolute atomic E-state index is 0. The maximum atomic E-state index is 2.27. The maximum absolute atomic E-state index is 2.27. The topological polar surface area (TPSA) is 4.44 Å². The summed E-state index contributed by atoms with van der Waals surface area (Å²) in [6.07, 6.45) is 20.5. The average Bonchev–Trinajstić information content (AvgIpc) is 3.22. The number of unbranched alkanes of at least 4 members (excludes halogenated alkanes) is 10. The Hall–Kier alpha value is 0.429. The van der Waals surface area contributed by atoms with Crippen molar-refractivity contribution >= 4 is 15.0 Å². The Bertz CT molecular complexity index is 433. The van der Waals surface area contributed by atoms with Crippen molar-refractivity contribution in [1.29, 1.82) is 0 Å². The van der Waals surface area contributed by atoms with Crippen LogP contribution in [0.1, 0.15) is 89.0 Å². The van der Waals surface area contributed by atoms with E-state index in [4.69, 9.17) is 0 Å². The molecule has 0 radical (unpaired) electrons. The normalized spacial score (nSPS) is 14.3. The summed E-state index contributed by atoms with van der Waals surface area (Å²) in [5.74, 6) is 0. The monoisotopic (exact) mass is 565 g/mol. The molecule has 0 amide bonds. The quantitative estimate of drug-likeness (QED) is 0.169. The second-order valence-electron chi connectivity index (χ2n) is 8.44. The first-order chi connectivity index (χ1) is 13.4. The van der Waals surface area contributed by atoms with Gasteiger partial charge in [-0.15, -0.1) is 0 Å². The third kappa shape index (κ3) is 14.4. The van der Waals surface area contributed by atoms with Crippen LogP contribution in [0.3, 0.4) is 0 Å². The number of halogens is 1. The Morgan fingerprint density at radius 1 is 0.643 bits per heavy atom. The van der Waals surface area contributed by atoms with E-state index in [-0.39, 0.29) is 24.0 Å². The van der Waals surface area contributed by atoms with E-state index < -0.39 is 0 Å². The Balaban J connectivity index is 0.00000392. The van der Waals surface area contributed by atoms with Crippen molar-refractivity contribution in [2.45, 2.75) is 101 Å². The van der Waals surface area contributed by atoms with Crippen molar-refractivity contribution in [3.05, 3.63) is 35.9 Å². The van der Waals surface area contributed by atoms with Gasteiger partial charge in [0.05, 0.1) is 19.6 Å². The number of aryl methyl sites for hydroxylation is 1. The molecule has 162 valence electrons. The Kier molecular flexibility index (Phi) is 18.3. The molecule has 28 heavy (non-hydrogen) atoms. The van der Waals surface area contributed by atoms with Crippen LogP contribution in [0, 0.1) is 0 Å². The third-order valence-electron chi connectivity index (χ3n) is 6.01. The number of rotatable bonds is 17. The third-order valence-corrected chi connectivity index (χ3v) is 8.25. The molecule has 1 saturated heterocycles. The fraction of sp³-hybridized carbons (Fsp3) is 0.760. The first-order valence-electron chi connectivity index (χ1n) is 11.9. The van der Waals surface area contributed by atoms with Crippen LogP contribution in [0.5, 0.6) is 0 Å². The molecule has 0 aliphatic carbocycles. The molecule has 3 heteroatoms. The van der Waals surface area contributed by atoms with Crippen molar-refractivity contribution in [3.8, 4) is 0 Å². The second kappa shape index (κ2) is 19.4. The summed E-state index contributed by atoms with van der Waals surface area (Å²) in [5, 5.41) is 2.93. The molecule has 0 saturated carbocycles. The first-order valence-corrected chi connectivity index (χ1v) is 14.3. The summed E-state index contributed by atoms with van der Waals surface area (Å²) >= 11 is 0.867. The summed E-state index contributed by atoms with van der Waals surface area (Å²) in [6, 6.07) is 11.0. The predicted octanol–water partition coefficient (Wildman–Crippen LogP) is 2.74. The van der Waals surface area contributed by atoms with E-state index in [9.17, 15) is 0 Å². The van der Waals surface area contributed by atoms with Crippen molar-refractivity contribution in [2.24, 2.45) is 0 Å². The SMILES string of the molecule is [I-].c1ccc(CC[Se]CCCCCCCCCCCCC[NH+]2CCCC2)cc1. The molecule has 1 N–H and O–H groups in total. The summed E-state index contributed by atoms with van der Waals surface area (Å²) in [4.78, 5) is 1.88. The van der Waals surface area contributed by atoms with E-state index in [0.29, 0.717) is 0 Å². The van der Waals surface area contributed by atoms with Crippen molar-refractivity contribution in [3.63, 3.8) is 0 Å². The van der Waals surface area contributed by atoms with Gasteiger partial charge in [0.2, 0.25) is 0 Å². The molecule has 2 rings (SSSR count). The molecule has 0 aromatic heterocycles. The molecule has 1 fully saturated rings. The zero-order valence-electron chi connectivity index (χ0n) is 18.1. The van der Waals surface area contributed by atoms with Crippen LogP contribution in [0.15, 0.2) is 30.3 Å².